The highest BCUT2D eigenvalue weighted by Crippen LogP contribution is 2.43. The molecule has 1 aliphatic carbocycles. The lowest BCUT2D eigenvalue weighted by molar-refractivity contribution is -0.946. The smallest absolute Gasteiger partial charge is 0.231 e. The third kappa shape index (κ3) is 6.65. The number of halogens is 1. The summed E-state index contributed by atoms with van der Waals surface area (Å²) in [5.74, 6) is 2.43. The fourth-order valence-corrected chi connectivity index (χ4v) is 6.38. The molecule has 3 aromatic rings. The second-order valence-corrected chi connectivity index (χ2v) is 10.8. The van der Waals surface area contributed by atoms with Gasteiger partial charge in [0, 0.05) is 12.3 Å². The van der Waals surface area contributed by atoms with Gasteiger partial charge in [-0.2, -0.15) is 0 Å². The molecule has 1 saturated carbocycles. The highest BCUT2D eigenvalue weighted by Gasteiger charge is 2.45. The Kier molecular flexibility index (Phi) is 9.85. The van der Waals surface area contributed by atoms with Crippen molar-refractivity contribution in [3.8, 4) is 5.75 Å². The van der Waals surface area contributed by atoms with E-state index in [2.05, 4.69) is 0 Å². The van der Waals surface area contributed by atoms with Gasteiger partial charge >= 0.3 is 0 Å². The highest BCUT2D eigenvalue weighted by atomic mass is 79.9. The van der Waals surface area contributed by atoms with E-state index >= 15 is 0 Å². The Bertz CT molecular complexity index is 1060. The van der Waals surface area contributed by atoms with Crippen LogP contribution in [0.2, 0.25) is 0 Å². The number of oxazole rings is 1. The Balaban J connectivity index is 0.00000320. The lowest BCUT2D eigenvalue weighted by atomic mass is 9.73. The number of likely N-dealkylation sites (tertiary alicyclic amines) is 1. The Morgan fingerprint density at radius 3 is 2.24 bits per heavy atom. The first-order valence-corrected chi connectivity index (χ1v) is 13.9. The molecule has 0 spiro atoms. The molecule has 5 rings (SSSR count). The fourth-order valence-electron chi connectivity index (χ4n) is 6.38. The minimum atomic E-state index is -1.17. The van der Waals surface area contributed by atoms with Gasteiger partial charge in [0.25, 0.3) is 0 Å². The van der Waals surface area contributed by atoms with Crippen LogP contribution in [0.5, 0.6) is 5.75 Å². The lowest BCUT2D eigenvalue weighted by Crippen LogP contribution is -3.00. The van der Waals surface area contributed by atoms with Crippen LogP contribution in [0.25, 0.3) is 0 Å². The van der Waals surface area contributed by atoms with Crippen molar-refractivity contribution in [2.24, 2.45) is 5.92 Å². The van der Waals surface area contributed by atoms with Gasteiger partial charge in [-0.05, 0) is 49.8 Å². The number of aromatic nitrogens is 1. The van der Waals surface area contributed by atoms with Crippen molar-refractivity contribution in [1.29, 1.82) is 0 Å². The standard InChI is InChI=1S/C31H41N2O3.BrH/c34-31(26-14-5-1-6-15-26,27-16-7-2-8-17-27)30-32-24-29(36-30)25-33(20-11-4-12-21-33)22-13-23-35-28-18-9-3-10-19-28;/h1,3,5-6,9-10,14-15,18-19,24,27,34H,2,4,7-8,11-13,16-17,20-23,25H2;1H/q+1;/p-1. The van der Waals surface area contributed by atoms with E-state index in [0.717, 1.165) is 86.4 Å². The molecule has 5 nitrogen and oxygen atoms in total. The van der Waals surface area contributed by atoms with Crippen LogP contribution in [0.1, 0.15) is 75.0 Å². The summed E-state index contributed by atoms with van der Waals surface area (Å²) in [5, 5.41) is 12.2. The molecule has 2 heterocycles. The van der Waals surface area contributed by atoms with Crippen LogP contribution in [0.4, 0.5) is 0 Å². The second-order valence-electron chi connectivity index (χ2n) is 10.8. The van der Waals surface area contributed by atoms with Crippen molar-refractivity contribution in [3.05, 3.63) is 84.1 Å². The van der Waals surface area contributed by atoms with Crippen molar-refractivity contribution < 1.29 is 35.7 Å². The lowest BCUT2D eigenvalue weighted by Gasteiger charge is -2.41. The fraction of sp³-hybridized carbons (Fsp3) is 0.516. The summed E-state index contributed by atoms with van der Waals surface area (Å²) in [6.07, 6.45) is 12.2. The Hall–Kier alpha value is -2.15. The van der Waals surface area contributed by atoms with Crippen LogP contribution in [0.15, 0.2) is 71.3 Å². The molecule has 2 aliphatic rings. The SMILES string of the molecule is OC(c1ccccc1)(c1ncc(C[N+]2(CCCOc3ccccc3)CCCCC2)o1)C1CCCCC1.[Br-]. The first-order chi connectivity index (χ1) is 17.7. The number of aliphatic hydroxyl groups is 1. The van der Waals surface area contributed by atoms with E-state index in [1.807, 2.05) is 66.9 Å². The molecule has 0 radical (unpaired) electrons. The Morgan fingerprint density at radius 2 is 1.54 bits per heavy atom. The molecule has 2 aromatic carbocycles. The normalized spacial score (nSPS) is 19.5. The van der Waals surface area contributed by atoms with Gasteiger partial charge in [-0.1, -0.05) is 67.8 Å². The van der Waals surface area contributed by atoms with Gasteiger partial charge in [0.1, 0.15) is 12.3 Å². The van der Waals surface area contributed by atoms with E-state index in [4.69, 9.17) is 14.1 Å². The molecule has 37 heavy (non-hydrogen) atoms. The van der Waals surface area contributed by atoms with Gasteiger partial charge in [-0.15, -0.1) is 0 Å². The molecular formula is C31H41BrN2O3. The van der Waals surface area contributed by atoms with Crippen LogP contribution in [-0.2, 0) is 12.1 Å². The summed E-state index contributed by atoms with van der Waals surface area (Å²) in [6, 6.07) is 20.1. The third-order valence-electron chi connectivity index (χ3n) is 8.33. The topological polar surface area (TPSA) is 55.5 Å². The maximum atomic E-state index is 12.2. The van der Waals surface area contributed by atoms with Crippen LogP contribution < -0.4 is 21.7 Å². The van der Waals surface area contributed by atoms with E-state index in [-0.39, 0.29) is 22.9 Å². The minimum Gasteiger partial charge on any atom is -1.00 e. The molecule has 1 unspecified atom stereocenters. The average molecular weight is 570 g/mol. The predicted octanol–water partition coefficient (Wildman–Crippen LogP) is 3.46. The van der Waals surface area contributed by atoms with E-state index in [9.17, 15) is 5.11 Å². The monoisotopic (exact) mass is 568 g/mol. The first-order valence-electron chi connectivity index (χ1n) is 13.9. The number of hydrogen-bond donors (Lipinski definition) is 1. The summed E-state index contributed by atoms with van der Waals surface area (Å²) in [7, 11) is 0. The highest BCUT2D eigenvalue weighted by molar-refractivity contribution is 5.30. The predicted molar refractivity (Wildman–Crippen MR) is 141 cm³/mol. The van der Waals surface area contributed by atoms with Gasteiger partial charge in [0.05, 0.1) is 32.4 Å². The van der Waals surface area contributed by atoms with Crippen molar-refractivity contribution in [2.75, 3.05) is 26.2 Å². The molecule has 1 saturated heterocycles. The number of ether oxygens (including phenoxy) is 1. The molecule has 0 bridgehead atoms. The molecule has 1 aliphatic heterocycles. The van der Waals surface area contributed by atoms with Crippen molar-refractivity contribution in [3.63, 3.8) is 0 Å². The van der Waals surface area contributed by atoms with Gasteiger partial charge < -0.3 is 35.7 Å². The van der Waals surface area contributed by atoms with E-state index in [1.54, 1.807) is 0 Å². The van der Waals surface area contributed by atoms with Gasteiger partial charge in [-0.25, -0.2) is 4.98 Å². The first kappa shape index (κ1) is 27.9. The summed E-state index contributed by atoms with van der Waals surface area (Å²) >= 11 is 0. The van der Waals surface area contributed by atoms with Gasteiger partial charge in [0.2, 0.25) is 5.89 Å². The number of piperidine rings is 1. The summed E-state index contributed by atoms with van der Waals surface area (Å²) < 4.78 is 13.4. The van der Waals surface area contributed by atoms with Crippen molar-refractivity contribution in [1.82, 2.24) is 4.98 Å². The van der Waals surface area contributed by atoms with Gasteiger partial charge in [0.15, 0.2) is 11.4 Å². The molecule has 2 fully saturated rings. The van der Waals surface area contributed by atoms with Crippen LogP contribution >= 0.6 is 0 Å². The molecule has 1 N–H and O–H groups in total. The number of benzene rings is 2. The maximum Gasteiger partial charge on any atom is 0.231 e. The zero-order valence-electron chi connectivity index (χ0n) is 21.9. The van der Waals surface area contributed by atoms with E-state index in [0.29, 0.717) is 5.89 Å². The quantitative estimate of drug-likeness (QED) is 0.300. The molecular weight excluding hydrogens is 528 g/mol. The summed E-state index contributed by atoms with van der Waals surface area (Å²) in [4.78, 5) is 4.72. The zero-order valence-corrected chi connectivity index (χ0v) is 23.4. The van der Waals surface area contributed by atoms with Gasteiger partial charge in [-0.3, -0.25) is 0 Å². The molecule has 0 amide bonds. The molecule has 6 heteroatoms. The third-order valence-corrected chi connectivity index (χ3v) is 8.33. The Morgan fingerprint density at radius 1 is 0.892 bits per heavy atom. The second kappa shape index (κ2) is 13.1. The average Bonchev–Trinajstić information content (AvgIpc) is 3.41. The summed E-state index contributed by atoms with van der Waals surface area (Å²) in [6.45, 7) is 4.93. The number of quaternary nitrogens is 1. The van der Waals surface area contributed by atoms with E-state index < -0.39 is 5.60 Å². The van der Waals surface area contributed by atoms with Crippen LogP contribution in [0, 0.1) is 5.92 Å². The minimum absolute atomic E-state index is 0. The number of nitrogens with zero attached hydrogens (tertiary/aromatic N) is 2. The van der Waals surface area contributed by atoms with Crippen LogP contribution in [-0.4, -0.2) is 40.8 Å². The number of para-hydroxylation sites is 1. The number of hydrogen-bond acceptors (Lipinski definition) is 4. The molecule has 1 aromatic heterocycles. The number of rotatable bonds is 10. The van der Waals surface area contributed by atoms with E-state index in [1.165, 1.54) is 25.7 Å². The Labute approximate surface area is 232 Å². The molecule has 200 valence electrons. The maximum absolute atomic E-state index is 12.2. The largest absolute Gasteiger partial charge is 1.00 e. The molecule has 1 atom stereocenters. The van der Waals surface area contributed by atoms with Crippen molar-refractivity contribution in [2.45, 2.75) is 69.9 Å². The van der Waals surface area contributed by atoms with Crippen LogP contribution in [0.3, 0.4) is 0 Å². The summed E-state index contributed by atoms with van der Waals surface area (Å²) in [5.41, 5.74) is -0.277. The zero-order chi connectivity index (χ0) is 24.7. The van der Waals surface area contributed by atoms with Crippen molar-refractivity contribution >= 4 is 0 Å².